The number of aromatic nitrogens is 1. The Balaban J connectivity index is 1.64. The van der Waals surface area contributed by atoms with Crippen molar-refractivity contribution in [1.29, 1.82) is 0 Å². The summed E-state index contributed by atoms with van der Waals surface area (Å²) < 4.78 is 6.19. The third-order valence-electron chi connectivity index (χ3n) is 5.11. The molecule has 134 valence electrons. The second kappa shape index (κ2) is 6.71. The van der Waals surface area contributed by atoms with Gasteiger partial charge in [0.25, 0.3) is 0 Å². The van der Waals surface area contributed by atoms with Crippen LogP contribution in [-0.4, -0.2) is 28.3 Å². The van der Waals surface area contributed by atoms with E-state index in [9.17, 15) is 5.11 Å². The lowest BCUT2D eigenvalue weighted by Gasteiger charge is -2.42. The molecule has 2 N–H and O–H groups in total. The first-order chi connectivity index (χ1) is 12.6. The van der Waals surface area contributed by atoms with Crippen molar-refractivity contribution in [3.05, 3.63) is 71.9 Å². The minimum atomic E-state index is -0.691. The lowest BCUT2D eigenvalue weighted by Crippen LogP contribution is -2.52. The van der Waals surface area contributed by atoms with Gasteiger partial charge in [-0.15, -0.1) is 0 Å². The van der Waals surface area contributed by atoms with E-state index in [1.807, 2.05) is 44.2 Å². The molecule has 0 saturated carbocycles. The monoisotopic (exact) mass is 348 g/mol. The summed E-state index contributed by atoms with van der Waals surface area (Å²) in [5, 5.41) is 15.5. The molecule has 1 aromatic heterocycles. The maximum absolute atomic E-state index is 10.9. The summed E-state index contributed by atoms with van der Waals surface area (Å²) in [6, 6.07) is 18.2. The van der Waals surface area contributed by atoms with Crippen molar-refractivity contribution in [3.63, 3.8) is 0 Å². The molecule has 2 aromatic carbocycles. The van der Waals surface area contributed by atoms with Gasteiger partial charge in [0.2, 0.25) is 0 Å². The summed E-state index contributed by atoms with van der Waals surface area (Å²) in [7, 11) is 0. The quantitative estimate of drug-likeness (QED) is 0.756. The number of aliphatic hydroxyl groups excluding tert-OH is 1. The second-order valence-electron chi connectivity index (χ2n) is 7.38. The highest BCUT2D eigenvalue weighted by molar-refractivity contribution is 5.86. The van der Waals surface area contributed by atoms with Crippen molar-refractivity contribution >= 4 is 10.9 Å². The van der Waals surface area contributed by atoms with E-state index < -0.39 is 11.7 Å². The highest BCUT2D eigenvalue weighted by Gasteiger charge is 2.43. The number of hydrogen-bond acceptors (Lipinski definition) is 4. The Morgan fingerprint density at radius 1 is 1.08 bits per heavy atom. The fraction of sp³-hybridized carbons (Fsp3) is 0.318. The molecule has 0 aliphatic carbocycles. The van der Waals surface area contributed by atoms with Crippen LogP contribution in [0.25, 0.3) is 10.9 Å². The molecule has 0 amide bonds. The molecular weight excluding hydrogens is 324 g/mol. The average Bonchev–Trinajstić information content (AvgIpc) is 2.65. The maximum atomic E-state index is 10.9. The second-order valence-corrected chi connectivity index (χ2v) is 7.38. The van der Waals surface area contributed by atoms with Crippen molar-refractivity contribution < 1.29 is 9.84 Å². The van der Waals surface area contributed by atoms with Crippen LogP contribution in [0.3, 0.4) is 0 Å². The maximum Gasteiger partial charge on any atom is 0.151 e. The fourth-order valence-electron chi connectivity index (χ4n) is 3.62. The zero-order valence-electron chi connectivity index (χ0n) is 15.1. The molecule has 1 aliphatic heterocycles. The van der Waals surface area contributed by atoms with Crippen LogP contribution >= 0.6 is 0 Å². The number of pyridine rings is 1. The van der Waals surface area contributed by atoms with Crippen molar-refractivity contribution in [2.45, 2.75) is 38.0 Å². The lowest BCUT2D eigenvalue weighted by atomic mass is 9.86. The molecule has 2 heterocycles. The molecule has 0 spiro atoms. The highest BCUT2D eigenvalue weighted by Crippen LogP contribution is 2.43. The normalized spacial score (nSPS) is 21.2. The molecule has 3 aromatic rings. The van der Waals surface area contributed by atoms with E-state index in [0.717, 1.165) is 35.2 Å². The number of aliphatic hydroxyl groups is 1. The summed E-state index contributed by atoms with van der Waals surface area (Å²) in [6.07, 6.45) is 2.04. The van der Waals surface area contributed by atoms with Crippen LogP contribution in [0.15, 0.2) is 60.8 Å². The van der Waals surface area contributed by atoms with Crippen LogP contribution < -0.4 is 10.1 Å². The standard InChI is InChI=1S/C22H24N2O2/c1-22(2)21(25)19(24-14-12-15-7-4-3-5-8-15)17-11-10-16-9-6-13-23-18(16)20(17)26-22/h3-11,13,19,21,24-25H,12,14H2,1-2H3. The number of benzene rings is 2. The summed E-state index contributed by atoms with van der Waals surface area (Å²) in [4.78, 5) is 4.51. The molecule has 0 fully saturated rings. The Morgan fingerprint density at radius 3 is 2.69 bits per heavy atom. The molecule has 4 nitrogen and oxygen atoms in total. The Labute approximate surface area is 153 Å². The molecule has 4 rings (SSSR count). The third-order valence-corrected chi connectivity index (χ3v) is 5.11. The first-order valence-corrected chi connectivity index (χ1v) is 9.08. The zero-order chi connectivity index (χ0) is 18.1. The Kier molecular flexibility index (Phi) is 4.39. The van der Waals surface area contributed by atoms with E-state index in [1.165, 1.54) is 5.56 Å². The molecule has 4 heteroatoms. The summed E-state index contributed by atoms with van der Waals surface area (Å²) in [5.41, 5.74) is 2.40. The number of rotatable bonds is 4. The van der Waals surface area contributed by atoms with E-state index >= 15 is 0 Å². The average molecular weight is 348 g/mol. The zero-order valence-corrected chi connectivity index (χ0v) is 15.1. The van der Waals surface area contributed by atoms with Gasteiger partial charge in [-0.25, -0.2) is 0 Å². The van der Waals surface area contributed by atoms with Gasteiger partial charge in [-0.3, -0.25) is 4.98 Å². The molecule has 0 saturated heterocycles. The highest BCUT2D eigenvalue weighted by atomic mass is 16.5. The first-order valence-electron chi connectivity index (χ1n) is 9.08. The minimum absolute atomic E-state index is 0.191. The minimum Gasteiger partial charge on any atom is -0.482 e. The number of nitrogens with zero attached hydrogens (tertiary/aromatic N) is 1. The lowest BCUT2D eigenvalue weighted by molar-refractivity contribution is -0.0634. The van der Waals surface area contributed by atoms with Gasteiger partial charge >= 0.3 is 0 Å². The van der Waals surface area contributed by atoms with Crippen molar-refractivity contribution in [3.8, 4) is 5.75 Å². The first kappa shape index (κ1) is 17.0. The van der Waals surface area contributed by atoms with Gasteiger partial charge in [-0.1, -0.05) is 48.5 Å². The summed E-state index contributed by atoms with van der Waals surface area (Å²) >= 11 is 0. The van der Waals surface area contributed by atoms with E-state index in [0.29, 0.717) is 0 Å². The van der Waals surface area contributed by atoms with Gasteiger partial charge in [0.05, 0.1) is 6.04 Å². The van der Waals surface area contributed by atoms with E-state index in [4.69, 9.17) is 4.74 Å². The largest absolute Gasteiger partial charge is 0.482 e. The van der Waals surface area contributed by atoms with Crippen LogP contribution in [0, 0.1) is 0 Å². The molecule has 1 aliphatic rings. The summed E-state index contributed by atoms with van der Waals surface area (Å²) in [5.74, 6) is 0.774. The van der Waals surface area contributed by atoms with Crippen LogP contribution in [0.4, 0.5) is 0 Å². The van der Waals surface area contributed by atoms with Crippen LogP contribution in [0.2, 0.25) is 0 Å². The molecular formula is C22H24N2O2. The number of hydrogen-bond donors (Lipinski definition) is 2. The SMILES string of the molecule is CC1(C)Oc2c(ccc3cccnc23)C(NCCc2ccccc2)C1O. The predicted octanol–water partition coefficient (Wildman–Crippen LogP) is 3.64. The number of fused-ring (bicyclic) bond motifs is 3. The van der Waals surface area contributed by atoms with Crippen LogP contribution in [0.5, 0.6) is 5.75 Å². The molecule has 0 bridgehead atoms. The summed E-state index contributed by atoms with van der Waals surface area (Å²) in [6.45, 7) is 4.63. The third kappa shape index (κ3) is 3.06. The van der Waals surface area contributed by atoms with Crippen LogP contribution in [-0.2, 0) is 6.42 Å². The van der Waals surface area contributed by atoms with E-state index in [-0.39, 0.29) is 6.04 Å². The Bertz CT molecular complexity index is 908. The van der Waals surface area contributed by atoms with E-state index in [2.05, 4.69) is 34.6 Å². The Hall–Kier alpha value is -2.43. The van der Waals surface area contributed by atoms with Crippen molar-refractivity contribution in [2.24, 2.45) is 0 Å². The molecule has 0 radical (unpaired) electrons. The smallest absolute Gasteiger partial charge is 0.151 e. The number of nitrogens with one attached hydrogen (secondary N) is 1. The Morgan fingerprint density at radius 2 is 1.88 bits per heavy atom. The molecule has 2 unspecified atom stereocenters. The van der Waals surface area contributed by atoms with Crippen LogP contribution in [0.1, 0.15) is 31.0 Å². The van der Waals surface area contributed by atoms with Gasteiger partial charge in [0.15, 0.2) is 5.75 Å². The van der Waals surface area contributed by atoms with Crippen molar-refractivity contribution in [1.82, 2.24) is 10.3 Å². The fourth-order valence-corrected chi connectivity index (χ4v) is 3.62. The van der Waals surface area contributed by atoms with Gasteiger partial charge in [-0.05, 0) is 38.4 Å². The van der Waals surface area contributed by atoms with E-state index in [1.54, 1.807) is 6.20 Å². The predicted molar refractivity (Wildman–Crippen MR) is 103 cm³/mol. The van der Waals surface area contributed by atoms with Gasteiger partial charge in [0, 0.05) is 17.1 Å². The van der Waals surface area contributed by atoms with Gasteiger partial charge in [0.1, 0.15) is 17.2 Å². The molecule has 26 heavy (non-hydrogen) atoms. The van der Waals surface area contributed by atoms with Gasteiger partial charge < -0.3 is 15.2 Å². The number of ether oxygens (including phenoxy) is 1. The van der Waals surface area contributed by atoms with Gasteiger partial charge in [-0.2, -0.15) is 0 Å². The topological polar surface area (TPSA) is 54.4 Å². The van der Waals surface area contributed by atoms with Crippen molar-refractivity contribution in [2.75, 3.05) is 6.54 Å². The molecule has 2 atom stereocenters.